The number of thiocarbonyl (C=S) groups is 1. The number of carbonyl (C=O) groups is 1. The van der Waals surface area contributed by atoms with E-state index in [0.29, 0.717) is 0 Å². The summed E-state index contributed by atoms with van der Waals surface area (Å²) in [5, 5.41) is 2.08. The van der Waals surface area contributed by atoms with Crippen LogP contribution in [0.3, 0.4) is 0 Å². The van der Waals surface area contributed by atoms with Gasteiger partial charge in [0.05, 0.1) is 11.1 Å². The fourth-order valence-corrected chi connectivity index (χ4v) is 1.12. The summed E-state index contributed by atoms with van der Waals surface area (Å²) in [5.41, 5.74) is 0.946. The number of carbonyl (C=O) groups excluding carboxylic acids is 1. The van der Waals surface area contributed by atoms with Gasteiger partial charge in [-0.1, -0.05) is 30.3 Å². The molecule has 0 bridgehead atoms. The molecule has 0 spiro atoms. The molecule has 0 radical (unpaired) electrons. The molecule has 2 nitrogen and oxygen atoms in total. The highest BCUT2D eigenvalue weighted by Crippen LogP contribution is 2.15. The zero-order chi connectivity index (χ0) is 9.68. The topological polar surface area (TPSA) is 29.4 Å². The fourth-order valence-electron chi connectivity index (χ4n) is 1.03. The maximum absolute atomic E-state index is 11.2. The number of hydrogen-bond donors (Lipinski definition) is 0. The quantitative estimate of drug-likeness (QED) is 0.530. The van der Waals surface area contributed by atoms with Gasteiger partial charge in [0.1, 0.15) is 0 Å². The first-order chi connectivity index (χ1) is 6.25. The van der Waals surface area contributed by atoms with Gasteiger partial charge in [-0.3, -0.25) is 4.79 Å². The summed E-state index contributed by atoms with van der Waals surface area (Å²) in [6, 6.07) is 9.46. The summed E-state index contributed by atoms with van der Waals surface area (Å²) in [7, 11) is 0. The molecule has 1 atom stereocenters. The van der Waals surface area contributed by atoms with Crippen LogP contribution in [-0.4, -0.2) is 11.1 Å². The van der Waals surface area contributed by atoms with E-state index in [9.17, 15) is 4.79 Å². The molecule has 0 saturated heterocycles. The Bertz CT molecular complexity index is 341. The summed E-state index contributed by atoms with van der Waals surface area (Å²) < 4.78 is 0. The maximum atomic E-state index is 11.2. The summed E-state index contributed by atoms with van der Waals surface area (Å²) in [6.45, 7) is 1.80. The normalized spacial score (nSPS) is 11.5. The Morgan fingerprint density at radius 3 is 2.62 bits per heavy atom. The van der Waals surface area contributed by atoms with Gasteiger partial charge in [-0.05, 0) is 24.7 Å². The highest BCUT2D eigenvalue weighted by atomic mass is 32.1. The van der Waals surface area contributed by atoms with E-state index in [4.69, 9.17) is 0 Å². The molecule has 1 aromatic carbocycles. The van der Waals surface area contributed by atoms with Crippen molar-refractivity contribution in [2.45, 2.75) is 12.8 Å². The molecular weight excluding hydrogens is 182 g/mol. The Kier molecular flexibility index (Phi) is 3.50. The molecule has 13 heavy (non-hydrogen) atoms. The van der Waals surface area contributed by atoms with E-state index in [-0.39, 0.29) is 11.8 Å². The molecule has 0 aliphatic carbocycles. The van der Waals surface area contributed by atoms with Crippen molar-refractivity contribution in [1.29, 1.82) is 0 Å². The predicted octanol–water partition coefficient (Wildman–Crippen LogP) is 2.42. The third kappa shape index (κ3) is 2.58. The molecule has 66 valence electrons. The van der Waals surface area contributed by atoms with E-state index in [1.807, 2.05) is 30.3 Å². The Hall–Kier alpha value is -1.31. The standard InChI is InChI=1S/C10H9NOS/c1-8(10(12)11-7-13)9-5-3-2-4-6-9/h2-6,8H,1H3/t8-/m1/s1. The van der Waals surface area contributed by atoms with Crippen LogP contribution in [0.1, 0.15) is 18.4 Å². The summed E-state index contributed by atoms with van der Waals surface area (Å²) in [4.78, 5) is 14.7. The number of benzene rings is 1. The van der Waals surface area contributed by atoms with Crippen LogP contribution in [0.15, 0.2) is 35.3 Å². The molecule has 0 aliphatic rings. The average Bonchev–Trinajstić information content (AvgIpc) is 2.18. The van der Waals surface area contributed by atoms with Crippen molar-refractivity contribution in [1.82, 2.24) is 0 Å². The van der Waals surface area contributed by atoms with E-state index < -0.39 is 0 Å². The Labute approximate surface area is 82.3 Å². The minimum absolute atomic E-state index is 0.239. The lowest BCUT2D eigenvalue weighted by atomic mass is 10.0. The summed E-state index contributed by atoms with van der Waals surface area (Å²) in [6.07, 6.45) is 0. The van der Waals surface area contributed by atoms with Crippen molar-refractivity contribution in [3.63, 3.8) is 0 Å². The number of isothiocyanates is 1. The molecular formula is C10H9NOS. The van der Waals surface area contributed by atoms with Gasteiger partial charge in [-0.2, -0.15) is 4.99 Å². The number of hydrogen-bond acceptors (Lipinski definition) is 2. The van der Waals surface area contributed by atoms with Crippen molar-refractivity contribution < 1.29 is 4.79 Å². The lowest BCUT2D eigenvalue weighted by Crippen LogP contribution is -2.05. The van der Waals surface area contributed by atoms with Gasteiger partial charge in [0.15, 0.2) is 0 Å². The Balaban J connectivity index is 2.85. The molecule has 1 rings (SSSR count). The monoisotopic (exact) mass is 191 g/mol. The molecule has 3 heteroatoms. The van der Waals surface area contributed by atoms with Crippen LogP contribution in [0, 0.1) is 0 Å². The first-order valence-corrected chi connectivity index (χ1v) is 4.33. The Morgan fingerprint density at radius 2 is 2.08 bits per heavy atom. The smallest absolute Gasteiger partial charge is 0.261 e. The second-order valence-electron chi connectivity index (χ2n) is 2.67. The lowest BCUT2D eigenvalue weighted by molar-refractivity contribution is -0.118. The van der Waals surface area contributed by atoms with Gasteiger partial charge < -0.3 is 0 Å². The van der Waals surface area contributed by atoms with E-state index in [2.05, 4.69) is 22.4 Å². The molecule has 0 aromatic heterocycles. The molecule has 0 unspecified atom stereocenters. The largest absolute Gasteiger partial charge is 0.271 e. The third-order valence-corrected chi connectivity index (χ3v) is 1.92. The molecule has 0 heterocycles. The van der Waals surface area contributed by atoms with Crippen molar-refractivity contribution in [3.05, 3.63) is 35.9 Å². The summed E-state index contributed by atoms with van der Waals surface area (Å²) in [5.74, 6) is -0.488. The molecule has 0 fully saturated rings. The molecule has 0 aliphatic heterocycles. The van der Waals surface area contributed by atoms with Crippen LogP contribution in [-0.2, 0) is 4.79 Å². The SMILES string of the molecule is C[C@@H](C(=O)N=C=S)c1ccccc1. The summed E-state index contributed by atoms with van der Waals surface area (Å²) >= 11 is 4.36. The number of rotatable bonds is 2. The fraction of sp³-hybridized carbons (Fsp3) is 0.200. The van der Waals surface area contributed by atoms with E-state index in [1.165, 1.54) is 0 Å². The van der Waals surface area contributed by atoms with E-state index in [0.717, 1.165) is 5.56 Å². The van der Waals surface area contributed by atoms with Gasteiger partial charge in [-0.25, -0.2) is 0 Å². The molecule has 1 aromatic rings. The minimum atomic E-state index is -0.249. The second kappa shape index (κ2) is 4.65. The van der Waals surface area contributed by atoms with Crippen LogP contribution >= 0.6 is 12.2 Å². The molecule has 0 N–H and O–H groups in total. The van der Waals surface area contributed by atoms with Crippen LogP contribution in [0.4, 0.5) is 0 Å². The molecule has 0 saturated carbocycles. The lowest BCUT2D eigenvalue weighted by Gasteiger charge is -2.05. The van der Waals surface area contributed by atoms with Crippen LogP contribution in [0.5, 0.6) is 0 Å². The first kappa shape index (κ1) is 9.78. The van der Waals surface area contributed by atoms with Crippen LogP contribution < -0.4 is 0 Å². The second-order valence-corrected chi connectivity index (χ2v) is 2.86. The highest BCUT2D eigenvalue weighted by Gasteiger charge is 2.12. The van der Waals surface area contributed by atoms with Crippen molar-refractivity contribution in [3.8, 4) is 0 Å². The zero-order valence-electron chi connectivity index (χ0n) is 7.23. The van der Waals surface area contributed by atoms with Crippen molar-refractivity contribution in [2.24, 2.45) is 4.99 Å². The highest BCUT2D eigenvalue weighted by molar-refractivity contribution is 7.78. The van der Waals surface area contributed by atoms with E-state index in [1.54, 1.807) is 6.92 Å². The number of aliphatic imine (C=N–C) groups is 1. The molecule has 1 amide bonds. The van der Waals surface area contributed by atoms with E-state index >= 15 is 0 Å². The van der Waals surface area contributed by atoms with Crippen LogP contribution in [0.2, 0.25) is 0 Å². The third-order valence-electron chi connectivity index (χ3n) is 1.83. The van der Waals surface area contributed by atoms with Crippen LogP contribution in [0.25, 0.3) is 0 Å². The number of amides is 1. The predicted molar refractivity (Wildman–Crippen MR) is 54.9 cm³/mol. The first-order valence-electron chi connectivity index (χ1n) is 3.92. The van der Waals surface area contributed by atoms with Gasteiger partial charge in [0, 0.05) is 0 Å². The average molecular weight is 191 g/mol. The van der Waals surface area contributed by atoms with Gasteiger partial charge >= 0.3 is 0 Å². The minimum Gasteiger partial charge on any atom is -0.271 e. The van der Waals surface area contributed by atoms with Gasteiger partial charge in [0.2, 0.25) is 0 Å². The van der Waals surface area contributed by atoms with Gasteiger partial charge in [-0.15, -0.1) is 0 Å². The van der Waals surface area contributed by atoms with Crippen molar-refractivity contribution >= 4 is 23.3 Å². The van der Waals surface area contributed by atoms with Gasteiger partial charge in [0.25, 0.3) is 5.91 Å². The Morgan fingerprint density at radius 1 is 1.46 bits per heavy atom. The zero-order valence-corrected chi connectivity index (χ0v) is 8.04. The maximum Gasteiger partial charge on any atom is 0.261 e. The van der Waals surface area contributed by atoms with Crippen molar-refractivity contribution in [2.75, 3.05) is 0 Å². The number of nitrogens with zero attached hydrogens (tertiary/aromatic N) is 1.